The van der Waals surface area contributed by atoms with Gasteiger partial charge in [-0.15, -0.1) is 0 Å². The molecule has 0 radical (unpaired) electrons. The van der Waals surface area contributed by atoms with E-state index in [9.17, 15) is 26.4 Å². The number of anilines is 1. The van der Waals surface area contributed by atoms with E-state index in [-0.39, 0.29) is 15.7 Å². The number of aromatic carboxylic acids is 1. The fourth-order valence-corrected chi connectivity index (χ4v) is 3.16. The Hall–Kier alpha value is -1.29. The number of carbonyl (C=O) groups is 1. The molecule has 5 nitrogen and oxygen atoms in total. The maximum Gasteiger partial charge on any atom is 0.389 e. The maximum atomic E-state index is 12.0. The summed E-state index contributed by atoms with van der Waals surface area (Å²) in [5.74, 6) is -1.87. The van der Waals surface area contributed by atoms with E-state index in [0.29, 0.717) is 0 Å². The summed E-state index contributed by atoms with van der Waals surface area (Å²) >= 11 is 3.00. The van der Waals surface area contributed by atoms with Crippen molar-refractivity contribution < 1.29 is 31.5 Å². The predicted octanol–water partition coefficient (Wildman–Crippen LogP) is 3.23. The molecule has 0 unspecified atom stereocenters. The highest BCUT2D eigenvalue weighted by molar-refractivity contribution is 9.10. The Kier molecular flexibility index (Phi) is 5.62. The van der Waals surface area contributed by atoms with Crippen molar-refractivity contribution in [3.8, 4) is 0 Å². The summed E-state index contributed by atoms with van der Waals surface area (Å²) in [7, 11) is -3.94. The molecule has 1 aromatic carbocycles. The van der Waals surface area contributed by atoms with Crippen LogP contribution in [0.3, 0.4) is 0 Å². The lowest BCUT2D eigenvalue weighted by Gasteiger charge is -2.11. The fourth-order valence-electron chi connectivity index (χ4n) is 1.41. The van der Waals surface area contributed by atoms with E-state index in [4.69, 9.17) is 5.11 Å². The van der Waals surface area contributed by atoms with Gasteiger partial charge in [-0.2, -0.15) is 13.2 Å². The number of hydrogen-bond acceptors (Lipinski definition) is 3. The third-order valence-electron chi connectivity index (χ3n) is 2.35. The van der Waals surface area contributed by atoms with Crippen molar-refractivity contribution >= 4 is 37.6 Å². The van der Waals surface area contributed by atoms with Crippen molar-refractivity contribution in [2.45, 2.75) is 19.0 Å². The standard InChI is InChI=1S/C11H11BrF3NO4S/c12-8-6-7(10(17)18)2-3-9(8)16-21(19,20)5-1-4-11(13,14)15/h2-3,6,16H,1,4-5H2,(H,17,18). The topological polar surface area (TPSA) is 83.5 Å². The van der Waals surface area contributed by atoms with Crippen molar-refractivity contribution in [3.63, 3.8) is 0 Å². The van der Waals surface area contributed by atoms with Crippen LogP contribution in [-0.2, 0) is 10.0 Å². The van der Waals surface area contributed by atoms with E-state index in [0.717, 1.165) is 0 Å². The molecule has 1 aromatic rings. The molecule has 10 heteroatoms. The molecule has 0 spiro atoms. The molecule has 0 heterocycles. The molecule has 0 saturated carbocycles. The lowest BCUT2D eigenvalue weighted by molar-refractivity contribution is -0.134. The van der Waals surface area contributed by atoms with Gasteiger partial charge in [-0.3, -0.25) is 4.72 Å². The predicted molar refractivity (Wildman–Crippen MR) is 73.8 cm³/mol. The fraction of sp³-hybridized carbons (Fsp3) is 0.364. The van der Waals surface area contributed by atoms with E-state index in [1.165, 1.54) is 18.2 Å². The highest BCUT2D eigenvalue weighted by Crippen LogP contribution is 2.26. The Balaban J connectivity index is 2.73. The smallest absolute Gasteiger partial charge is 0.389 e. The number of halogens is 4. The SMILES string of the molecule is O=C(O)c1ccc(NS(=O)(=O)CCCC(F)(F)F)c(Br)c1. The van der Waals surface area contributed by atoms with Crippen LogP contribution in [0.15, 0.2) is 22.7 Å². The van der Waals surface area contributed by atoms with Gasteiger partial charge >= 0.3 is 12.1 Å². The minimum atomic E-state index is -4.40. The molecule has 118 valence electrons. The van der Waals surface area contributed by atoms with E-state index in [2.05, 4.69) is 20.7 Å². The van der Waals surface area contributed by atoms with E-state index in [1.807, 2.05) is 0 Å². The first-order chi connectivity index (χ1) is 9.50. The van der Waals surface area contributed by atoms with Crippen LogP contribution in [0.2, 0.25) is 0 Å². The Morgan fingerprint density at radius 3 is 2.43 bits per heavy atom. The number of carboxylic acids is 1. The van der Waals surface area contributed by atoms with E-state index in [1.54, 1.807) is 0 Å². The van der Waals surface area contributed by atoms with Gasteiger partial charge in [0.05, 0.1) is 17.0 Å². The van der Waals surface area contributed by atoms with E-state index < -0.39 is 40.8 Å². The molecule has 0 saturated heterocycles. The van der Waals surface area contributed by atoms with Crippen LogP contribution >= 0.6 is 15.9 Å². The molecular weight excluding hydrogens is 379 g/mol. The summed E-state index contributed by atoms with van der Waals surface area (Å²) in [6.07, 6.45) is -6.14. The second kappa shape index (κ2) is 6.65. The molecule has 1 rings (SSSR count). The second-order valence-corrected chi connectivity index (χ2v) is 6.84. The Labute approximate surface area is 127 Å². The van der Waals surface area contributed by atoms with Gasteiger partial charge in [-0.05, 0) is 40.5 Å². The average molecular weight is 390 g/mol. The molecule has 0 aliphatic rings. The van der Waals surface area contributed by atoms with Gasteiger partial charge in [0.25, 0.3) is 0 Å². The van der Waals surface area contributed by atoms with Crippen molar-refractivity contribution in [2.24, 2.45) is 0 Å². The first-order valence-electron chi connectivity index (χ1n) is 5.60. The summed E-state index contributed by atoms with van der Waals surface area (Å²) < 4.78 is 61.5. The van der Waals surface area contributed by atoms with Crippen LogP contribution in [0.5, 0.6) is 0 Å². The normalized spacial score (nSPS) is 12.2. The van der Waals surface area contributed by atoms with Crippen LogP contribution in [0, 0.1) is 0 Å². The van der Waals surface area contributed by atoms with Crippen LogP contribution in [0.25, 0.3) is 0 Å². The summed E-state index contributed by atoms with van der Waals surface area (Å²) in [4.78, 5) is 10.7. The molecule has 0 aromatic heterocycles. The quantitative estimate of drug-likeness (QED) is 0.782. The largest absolute Gasteiger partial charge is 0.478 e. The zero-order chi connectivity index (χ0) is 16.3. The lowest BCUT2D eigenvalue weighted by Crippen LogP contribution is -2.19. The van der Waals surface area contributed by atoms with Gasteiger partial charge in [-0.1, -0.05) is 0 Å². The lowest BCUT2D eigenvalue weighted by atomic mass is 10.2. The number of benzene rings is 1. The molecule has 0 atom stereocenters. The zero-order valence-corrected chi connectivity index (χ0v) is 12.8. The van der Waals surface area contributed by atoms with Crippen molar-refractivity contribution in [2.75, 3.05) is 10.5 Å². The second-order valence-electron chi connectivity index (χ2n) is 4.14. The Bertz CT molecular complexity index is 631. The van der Waals surface area contributed by atoms with Crippen LogP contribution in [0.1, 0.15) is 23.2 Å². The van der Waals surface area contributed by atoms with E-state index >= 15 is 0 Å². The summed E-state index contributed by atoms with van der Waals surface area (Å²) in [5, 5.41) is 8.76. The molecule has 0 fully saturated rings. The first kappa shape index (κ1) is 17.8. The van der Waals surface area contributed by atoms with Crippen LogP contribution < -0.4 is 4.72 Å². The highest BCUT2D eigenvalue weighted by atomic mass is 79.9. The third kappa shape index (κ3) is 6.34. The Morgan fingerprint density at radius 1 is 1.33 bits per heavy atom. The van der Waals surface area contributed by atoms with Crippen molar-refractivity contribution in [1.82, 2.24) is 0 Å². The number of alkyl halides is 3. The van der Waals surface area contributed by atoms with Gasteiger partial charge in [-0.25, -0.2) is 13.2 Å². The van der Waals surface area contributed by atoms with Crippen LogP contribution in [-0.4, -0.2) is 31.4 Å². The summed E-state index contributed by atoms with van der Waals surface area (Å²) in [6, 6.07) is 3.59. The number of hydrogen-bond donors (Lipinski definition) is 2. The molecule has 0 aliphatic carbocycles. The zero-order valence-electron chi connectivity index (χ0n) is 10.4. The summed E-state index contributed by atoms with van der Waals surface area (Å²) in [5.41, 5.74) is 0.00824. The molecule has 0 bridgehead atoms. The molecule has 0 aliphatic heterocycles. The van der Waals surface area contributed by atoms with Gasteiger partial charge in [0.15, 0.2) is 0 Å². The van der Waals surface area contributed by atoms with Gasteiger partial charge in [0.1, 0.15) is 0 Å². The monoisotopic (exact) mass is 389 g/mol. The average Bonchev–Trinajstić information content (AvgIpc) is 2.29. The van der Waals surface area contributed by atoms with Crippen LogP contribution in [0.4, 0.5) is 18.9 Å². The molecule has 0 amide bonds. The highest BCUT2D eigenvalue weighted by Gasteiger charge is 2.27. The summed E-state index contributed by atoms with van der Waals surface area (Å²) in [6.45, 7) is 0. The van der Waals surface area contributed by atoms with Gasteiger partial charge in [0, 0.05) is 10.9 Å². The number of rotatable bonds is 6. The first-order valence-corrected chi connectivity index (χ1v) is 8.05. The minimum Gasteiger partial charge on any atom is -0.478 e. The van der Waals surface area contributed by atoms with Gasteiger partial charge in [0.2, 0.25) is 10.0 Å². The molecular formula is C11H11BrF3NO4S. The van der Waals surface area contributed by atoms with Crippen molar-refractivity contribution in [1.29, 1.82) is 0 Å². The maximum absolute atomic E-state index is 12.0. The number of nitrogens with one attached hydrogen (secondary N) is 1. The number of sulfonamides is 1. The Morgan fingerprint density at radius 2 is 1.95 bits per heavy atom. The molecule has 21 heavy (non-hydrogen) atoms. The van der Waals surface area contributed by atoms with Gasteiger partial charge < -0.3 is 5.11 Å². The minimum absolute atomic E-state index is 0.0538. The molecule has 2 N–H and O–H groups in total. The van der Waals surface area contributed by atoms with Crippen molar-refractivity contribution in [3.05, 3.63) is 28.2 Å². The third-order valence-corrected chi connectivity index (χ3v) is 4.37. The number of carboxylic acid groups (broad SMARTS) is 1.